The van der Waals surface area contributed by atoms with Crippen molar-refractivity contribution in [1.82, 2.24) is 0 Å². The highest BCUT2D eigenvalue weighted by Crippen LogP contribution is 2.33. The lowest BCUT2D eigenvalue weighted by molar-refractivity contribution is -0.118. The number of esters is 1. The average molecular weight is 509 g/mol. The molecule has 0 spiro atoms. The fourth-order valence-electron chi connectivity index (χ4n) is 4.06. The summed E-state index contributed by atoms with van der Waals surface area (Å²) in [5.74, 6) is -0.398. The zero-order chi connectivity index (χ0) is 25.7. The Kier molecular flexibility index (Phi) is 7.59. The lowest BCUT2D eigenvalue weighted by Gasteiger charge is -2.30. The third-order valence-corrected chi connectivity index (χ3v) is 7.65. The summed E-state index contributed by atoms with van der Waals surface area (Å²) >= 11 is 0. The molecule has 3 aromatic rings. The molecular weight excluding hydrogens is 480 g/mol. The van der Waals surface area contributed by atoms with Gasteiger partial charge in [-0.3, -0.25) is 9.10 Å². The number of fused-ring (bicyclic) bond motifs is 1. The SMILES string of the molecule is CCOC(=O)c1ccc(NC(=O)COc2ccc(S(=O)(=O)N3CCCc4ccccc43)cc2C)cc1. The molecule has 4 rings (SSSR count). The Labute approximate surface area is 210 Å². The van der Waals surface area contributed by atoms with Crippen molar-refractivity contribution >= 4 is 33.3 Å². The predicted octanol–water partition coefficient (Wildman–Crippen LogP) is 4.33. The van der Waals surface area contributed by atoms with E-state index in [0.29, 0.717) is 34.8 Å². The summed E-state index contributed by atoms with van der Waals surface area (Å²) in [7, 11) is -3.73. The van der Waals surface area contributed by atoms with Crippen LogP contribution in [0.5, 0.6) is 5.75 Å². The van der Waals surface area contributed by atoms with E-state index in [-0.39, 0.29) is 24.0 Å². The van der Waals surface area contributed by atoms with Crippen LogP contribution in [-0.4, -0.2) is 40.1 Å². The van der Waals surface area contributed by atoms with Crippen molar-refractivity contribution < 1.29 is 27.5 Å². The largest absolute Gasteiger partial charge is 0.483 e. The lowest BCUT2D eigenvalue weighted by atomic mass is 10.0. The van der Waals surface area contributed by atoms with Gasteiger partial charge in [-0.15, -0.1) is 0 Å². The van der Waals surface area contributed by atoms with Gasteiger partial charge < -0.3 is 14.8 Å². The van der Waals surface area contributed by atoms with Crippen LogP contribution in [0.1, 0.15) is 34.8 Å². The normalized spacial score (nSPS) is 13.0. The molecule has 0 saturated carbocycles. The first-order valence-electron chi connectivity index (χ1n) is 11.7. The highest BCUT2D eigenvalue weighted by Gasteiger charge is 2.29. The maximum atomic E-state index is 13.4. The van der Waals surface area contributed by atoms with Gasteiger partial charge in [-0.1, -0.05) is 18.2 Å². The maximum Gasteiger partial charge on any atom is 0.338 e. The number of aryl methyl sites for hydroxylation is 2. The number of carbonyl (C=O) groups excluding carboxylic acids is 2. The number of nitrogens with zero attached hydrogens (tertiary/aromatic N) is 1. The number of hydrogen-bond acceptors (Lipinski definition) is 6. The van der Waals surface area contributed by atoms with Crippen molar-refractivity contribution in [2.75, 3.05) is 29.4 Å². The molecule has 1 aliphatic heterocycles. The van der Waals surface area contributed by atoms with E-state index in [0.717, 1.165) is 18.4 Å². The number of benzene rings is 3. The van der Waals surface area contributed by atoms with Crippen LogP contribution >= 0.6 is 0 Å². The first-order valence-corrected chi connectivity index (χ1v) is 13.1. The minimum absolute atomic E-state index is 0.176. The van der Waals surface area contributed by atoms with Gasteiger partial charge in [-0.05, 0) is 86.3 Å². The van der Waals surface area contributed by atoms with E-state index >= 15 is 0 Å². The first-order chi connectivity index (χ1) is 17.3. The quantitative estimate of drug-likeness (QED) is 0.455. The molecule has 1 aliphatic rings. The standard InChI is InChI=1S/C27H28N2O6S/c1-3-34-27(31)21-10-12-22(13-11-21)28-26(30)18-35-25-15-14-23(17-19(25)2)36(32,33)29-16-6-8-20-7-4-5-9-24(20)29/h4-5,7,9-15,17H,3,6,8,16,18H2,1-2H3,(H,28,30). The first kappa shape index (κ1) is 25.2. The van der Waals surface area contributed by atoms with Crippen LogP contribution in [0.15, 0.2) is 71.6 Å². The van der Waals surface area contributed by atoms with Gasteiger partial charge in [0, 0.05) is 12.2 Å². The van der Waals surface area contributed by atoms with Crippen LogP contribution < -0.4 is 14.4 Å². The molecule has 1 N–H and O–H groups in total. The number of nitrogens with one attached hydrogen (secondary N) is 1. The number of ether oxygens (including phenoxy) is 2. The van der Waals surface area contributed by atoms with Crippen LogP contribution in [-0.2, 0) is 26.0 Å². The van der Waals surface area contributed by atoms with Gasteiger partial charge in [0.25, 0.3) is 15.9 Å². The molecule has 0 radical (unpaired) electrons. The van der Waals surface area contributed by atoms with Crippen LogP contribution in [0.2, 0.25) is 0 Å². The summed E-state index contributed by atoms with van der Waals surface area (Å²) in [6.07, 6.45) is 1.61. The van der Waals surface area contributed by atoms with Crippen molar-refractivity contribution in [2.45, 2.75) is 31.6 Å². The van der Waals surface area contributed by atoms with E-state index < -0.39 is 16.0 Å². The Morgan fingerprint density at radius 3 is 2.50 bits per heavy atom. The van der Waals surface area contributed by atoms with Crippen LogP contribution in [0, 0.1) is 6.92 Å². The Hall–Kier alpha value is -3.85. The van der Waals surface area contributed by atoms with Crippen molar-refractivity contribution in [2.24, 2.45) is 0 Å². The summed E-state index contributed by atoms with van der Waals surface area (Å²) in [5.41, 5.74) is 3.24. The number of sulfonamides is 1. The summed E-state index contributed by atoms with van der Waals surface area (Å²) in [6.45, 7) is 3.93. The molecular formula is C27H28N2O6S. The molecule has 1 amide bonds. The number of anilines is 2. The predicted molar refractivity (Wildman–Crippen MR) is 137 cm³/mol. The summed E-state index contributed by atoms with van der Waals surface area (Å²) in [4.78, 5) is 24.2. The monoisotopic (exact) mass is 508 g/mol. The van der Waals surface area contributed by atoms with Gasteiger partial charge in [-0.2, -0.15) is 0 Å². The summed E-state index contributed by atoms with van der Waals surface area (Å²) < 4.78 is 38.8. The third-order valence-electron chi connectivity index (χ3n) is 5.84. The molecule has 0 aromatic heterocycles. The molecule has 1 heterocycles. The van der Waals surface area contributed by atoms with E-state index in [2.05, 4.69) is 5.32 Å². The lowest BCUT2D eigenvalue weighted by Crippen LogP contribution is -2.35. The highest BCUT2D eigenvalue weighted by molar-refractivity contribution is 7.92. The maximum absolute atomic E-state index is 13.4. The van der Waals surface area contributed by atoms with Crippen LogP contribution in [0.4, 0.5) is 11.4 Å². The Morgan fingerprint density at radius 2 is 1.78 bits per heavy atom. The number of carbonyl (C=O) groups is 2. The molecule has 0 unspecified atom stereocenters. The van der Waals surface area contributed by atoms with Crippen LogP contribution in [0.25, 0.3) is 0 Å². The minimum Gasteiger partial charge on any atom is -0.483 e. The van der Waals surface area contributed by atoms with Gasteiger partial charge in [0.15, 0.2) is 6.61 Å². The van der Waals surface area contributed by atoms with Gasteiger partial charge in [0.1, 0.15) is 5.75 Å². The van der Waals surface area contributed by atoms with Gasteiger partial charge in [0.05, 0.1) is 22.8 Å². The third kappa shape index (κ3) is 5.52. The molecule has 0 atom stereocenters. The van der Waals surface area contributed by atoms with Crippen molar-refractivity contribution in [1.29, 1.82) is 0 Å². The molecule has 8 nitrogen and oxygen atoms in total. The Morgan fingerprint density at radius 1 is 1.03 bits per heavy atom. The fourth-order valence-corrected chi connectivity index (χ4v) is 5.69. The molecule has 3 aromatic carbocycles. The highest BCUT2D eigenvalue weighted by atomic mass is 32.2. The number of amides is 1. The van der Waals surface area contributed by atoms with Gasteiger partial charge >= 0.3 is 5.97 Å². The van der Waals surface area contributed by atoms with Crippen molar-refractivity contribution in [3.8, 4) is 5.75 Å². The van der Waals surface area contributed by atoms with E-state index in [4.69, 9.17) is 9.47 Å². The Bertz CT molecular complexity index is 1370. The second kappa shape index (κ2) is 10.8. The number of rotatable bonds is 8. The topological polar surface area (TPSA) is 102 Å². The molecule has 0 saturated heterocycles. The van der Waals surface area contributed by atoms with Crippen molar-refractivity contribution in [3.63, 3.8) is 0 Å². The summed E-state index contributed by atoms with van der Waals surface area (Å²) in [5, 5.41) is 2.70. The Balaban J connectivity index is 1.39. The number of hydrogen-bond donors (Lipinski definition) is 1. The zero-order valence-electron chi connectivity index (χ0n) is 20.2. The fraction of sp³-hybridized carbons (Fsp3) is 0.259. The minimum atomic E-state index is -3.73. The molecule has 0 bridgehead atoms. The van der Waals surface area contributed by atoms with Gasteiger partial charge in [0.2, 0.25) is 0 Å². The second-order valence-electron chi connectivity index (χ2n) is 8.37. The zero-order valence-corrected chi connectivity index (χ0v) is 21.0. The smallest absolute Gasteiger partial charge is 0.338 e. The van der Waals surface area contributed by atoms with E-state index in [1.807, 2.05) is 24.3 Å². The molecule has 0 aliphatic carbocycles. The number of para-hydroxylation sites is 1. The van der Waals surface area contributed by atoms with E-state index in [1.165, 1.54) is 10.4 Å². The summed E-state index contributed by atoms with van der Waals surface area (Å²) in [6, 6.07) is 18.5. The molecule has 0 fully saturated rings. The van der Waals surface area contributed by atoms with E-state index in [1.54, 1.807) is 50.2 Å². The van der Waals surface area contributed by atoms with Gasteiger partial charge in [-0.25, -0.2) is 13.2 Å². The van der Waals surface area contributed by atoms with Crippen molar-refractivity contribution in [3.05, 3.63) is 83.4 Å². The van der Waals surface area contributed by atoms with Crippen LogP contribution in [0.3, 0.4) is 0 Å². The molecule has 9 heteroatoms. The second-order valence-corrected chi connectivity index (χ2v) is 10.2. The van der Waals surface area contributed by atoms with E-state index in [9.17, 15) is 18.0 Å². The molecule has 36 heavy (non-hydrogen) atoms. The molecule has 188 valence electrons. The average Bonchev–Trinajstić information content (AvgIpc) is 2.88.